The molecule has 1 aromatic rings. The summed E-state index contributed by atoms with van der Waals surface area (Å²) in [4.78, 5) is 11.8. The van der Waals surface area contributed by atoms with Gasteiger partial charge in [-0.1, -0.05) is 22.0 Å². The molecule has 5 nitrogen and oxygen atoms in total. The summed E-state index contributed by atoms with van der Waals surface area (Å²) in [5.41, 5.74) is 0.954. The Hall–Kier alpha value is -1.11. The summed E-state index contributed by atoms with van der Waals surface area (Å²) in [5.74, 6) is 0. The van der Waals surface area contributed by atoms with E-state index in [1.807, 2.05) is 25.1 Å². The Morgan fingerprint density at radius 1 is 1.45 bits per heavy atom. The summed E-state index contributed by atoms with van der Waals surface area (Å²) < 4.78 is 6.14. The second-order valence-electron chi connectivity index (χ2n) is 5.11. The molecule has 0 radical (unpaired) electrons. The number of amides is 2. The minimum atomic E-state index is -0.858. The van der Waals surface area contributed by atoms with E-state index in [4.69, 9.17) is 4.74 Å². The van der Waals surface area contributed by atoms with E-state index in [1.54, 1.807) is 0 Å². The van der Waals surface area contributed by atoms with Crippen LogP contribution in [0.5, 0.6) is 0 Å². The van der Waals surface area contributed by atoms with Crippen LogP contribution in [0, 0.1) is 6.92 Å². The van der Waals surface area contributed by atoms with Crippen molar-refractivity contribution in [3.63, 3.8) is 0 Å². The van der Waals surface area contributed by atoms with Crippen molar-refractivity contribution in [2.24, 2.45) is 0 Å². The first-order chi connectivity index (χ1) is 9.48. The number of hydrogen-bond donors (Lipinski definition) is 3. The van der Waals surface area contributed by atoms with Crippen molar-refractivity contribution in [2.45, 2.75) is 25.4 Å². The molecule has 2 rings (SSSR count). The third kappa shape index (κ3) is 4.19. The minimum absolute atomic E-state index is 0.231. The Balaban J connectivity index is 1.84. The Kier molecular flexibility index (Phi) is 5.01. The van der Waals surface area contributed by atoms with Gasteiger partial charge in [-0.2, -0.15) is 0 Å². The Bertz CT molecular complexity index is 487. The maximum Gasteiger partial charge on any atom is 0.319 e. The third-order valence-corrected chi connectivity index (χ3v) is 4.29. The van der Waals surface area contributed by atoms with E-state index in [-0.39, 0.29) is 12.6 Å². The minimum Gasteiger partial charge on any atom is -0.388 e. The van der Waals surface area contributed by atoms with E-state index in [0.717, 1.165) is 10.0 Å². The molecule has 1 saturated heterocycles. The smallest absolute Gasteiger partial charge is 0.319 e. The van der Waals surface area contributed by atoms with Gasteiger partial charge in [0.1, 0.15) is 0 Å². The molecule has 0 aromatic heterocycles. The monoisotopic (exact) mass is 342 g/mol. The quantitative estimate of drug-likeness (QED) is 0.789. The third-order valence-electron chi connectivity index (χ3n) is 3.43. The molecule has 1 heterocycles. The molecule has 0 spiro atoms. The van der Waals surface area contributed by atoms with Gasteiger partial charge >= 0.3 is 6.03 Å². The highest BCUT2D eigenvalue weighted by Crippen LogP contribution is 2.21. The first-order valence-electron chi connectivity index (χ1n) is 6.60. The largest absolute Gasteiger partial charge is 0.388 e. The van der Waals surface area contributed by atoms with Crippen LogP contribution >= 0.6 is 15.9 Å². The topological polar surface area (TPSA) is 70.6 Å². The first kappa shape index (κ1) is 15.3. The second kappa shape index (κ2) is 6.56. The van der Waals surface area contributed by atoms with Gasteiger partial charge in [-0.25, -0.2) is 4.79 Å². The van der Waals surface area contributed by atoms with E-state index in [0.29, 0.717) is 31.7 Å². The Labute approximate surface area is 126 Å². The molecule has 1 fully saturated rings. The maximum atomic E-state index is 11.8. The zero-order valence-electron chi connectivity index (χ0n) is 11.4. The SMILES string of the molecule is Cc1ccc(NC(=O)NCC2(O)CCOCC2)cc1Br. The van der Waals surface area contributed by atoms with Gasteiger partial charge in [0.2, 0.25) is 0 Å². The number of carbonyl (C=O) groups is 1. The normalized spacial score (nSPS) is 17.6. The van der Waals surface area contributed by atoms with Gasteiger partial charge in [-0.05, 0) is 24.6 Å². The van der Waals surface area contributed by atoms with E-state index in [2.05, 4.69) is 26.6 Å². The lowest BCUT2D eigenvalue weighted by Crippen LogP contribution is -2.47. The van der Waals surface area contributed by atoms with Crippen molar-refractivity contribution in [3.8, 4) is 0 Å². The first-order valence-corrected chi connectivity index (χ1v) is 7.39. The second-order valence-corrected chi connectivity index (χ2v) is 5.96. The zero-order chi connectivity index (χ0) is 14.6. The molecular formula is C14H19BrN2O3. The molecule has 0 atom stereocenters. The maximum absolute atomic E-state index is 11.8. The average Bonchev–Trinajstić information content (AvgIpc) is 2.42. The number of halogens is 1. The number of aryl methyl sites for hydroxylation is 1. The number of hydrogen-bond acceptors (Lipinski definition) is 3. The molecule has 0 bridgehead atoms. The molecule has 0 unspecified atom stereocenters. The van der Waals surface area contributed by atoms with Gasteiger partial charge in [0.25, 0.3) is 0 Å². The average molecular weight is 343 g/mol. The van der Waals surface area contributed by atoms with Gasteiger partial charge < -0.3 is 20.5 Å². The van der Waals surface area contributed by atoms with Gasteiger partial charge in [0.05, 0.1) is 5.60 Å². The lowest BCUT2D eigenvalue weighted by molar-refractivity contribution is -0.0598. The van der Waals surface area contributed by atoms with Crippen LogP contribution in [0.2, 0.25) is 0 Å². The highest BCUT2D eigenvalue weighted by molar-refractivity contribution is 9.10. The predicted octanol–water partition coefficient (Wildman–Crippen LogP) is 2.42. The van der Waals surface area contributed by atoms with Crippen molar-refractivity contribution in [3.05, 3.63) is 28.2 Å². The van der Waals surface area contributed by atoms with Gasteiger partial charge in [-0.15, -0.1) is 0 Å². The highest BCUT2D eigenvalue weighted by atomic mass is 79.9. The van der Waals surface area contributed by atoms with Gasteiger partial charge in [-0.3, -0.25) is 0 Å². The van der Waals surface area contributed by atoms with E-state index >= 15 is 0 Å². The Morgan fingerprint density at radius 2 is 2.15 bits per heavy atom. The van der Waals surface area contributed by atoms with Crippen molar-refractivity contribution < 1.29 is 14.6 Å². The fraction of sp³-hybridized carbons (Fsp3) is 0.500. The van der Waals surface area contributed by atoms with Crippen LogP contribution in [-0.4, -0.2) is 36.5 Å². The van der Waals surface area contributed by atoms with Crippen LogP contribution in [0.25, 0.3) is 0 Å². The van der Waals surface area contributed by atoms with Crippen LogP contribution in [0.1, 0.15) is 18.4 Å². The van der Waals surface area contributed by atoms with Crippen molar-refractivity contribution in [1.29, 1.82) is 0 Å². The molecule has 1 aliphatic heterocycles. The summed E-state index contributed by atoms with van der Waals surface area (Å²) in [6, 6.07) is 5.28. The molecule has 110 valence electrons. The van der Waals surface area contributed by atoms with Crippen LogP contribution in [-0.2, 0) is 4.74 Å². The van der Waals surface area contributed by atoms with Crippen LogP contribution in [0.4, 0.5) is 10.5 Å². The van der Waals surface area contributed by atoms with Gasteiger partial charge in [0.15, 0.2) is 0 Å². The van der Waals surface area contributed by atoms with E-state index < -0.39 is 5.60 Å². The summed E-state index contributed by atoms with van der Waals surface area (Å²) >= 11 is 3.42. The standard InChI is InChI=1S/C14H19BrN2O3/c1-10-2-3-11(8-12(10)15)17-13(18)16-9-14(19)4-6-20-7-5-14/h2-3,8,19H,4-7,9H2,1H3,(H2,16,17,18). The predicted molar refractivity (Wildman–Crippen MR) is 80.9 cm³/mol. The zero-order valence-corrected chi connectivity index (χ0v) is 13.0. The summed E-state index contributed by atoms with van der Waals surface area (Å²) in [5, 5.41) is 15.7. The number of anilines is 1. The van der Waals surface area contributed by atoms with Crippen LogP contribution < -0.4 is 10.6 Å². The van der Waals surface area contributed by atoms with Crippen molar-refractivity contribution in [1.82, 2.24) is 5.32 Å². The highest BCUT2D eigenvalue weighted by Gasteiger charge is 2.30. The van der Waals surface area contributed by atoms with E-state index in [1.165, 1.54) is 0 Å². The molecule has 1 aromatic carbocycles. The Morgan fingerprint density at radius 3 is 2.80 bits per heavy atom. The summed E-state index contributed by atoms with van der Waals surface area (Å²) in [7, 11) is 0. The number of carbonyl (C=O) groups excluding carboxylic acids is 1. The van der Waals surface area contributed by atoms with Crippen molar-refractivity contribution >= 4 is 27.6 Å². The fourth-order valence-corrected chi connectivity index (χ4v) is 2.40. The van der Waals surface area contributed by atoms with Crippen LogP contribution in [0.15, 0.2) is 22.7 Å². The van der Waals surface area contributed by atoms with Crippen LogP contribution in [0.3, 0.4) is 0 Å². The molecule has 2 amide bonds. The fourth-order valence-electron chi connectivity index (χ4n) is 2.02. The number of aliphatic hydroxyl groups is 1. The molecule has 1 aliphatic rings. The molecule has 20 heavy (non-hydrogen) atoms. The molecule has 3 N–H and O–H groups in total. The lowest BCUT2D eigenvalue weighted by Gasteiger charge is -2.32. The molecule has 0 aliphatic carbocycles. The molecule has 0 saturated carbocycles. The molecule has 6 heteroatoms. The number of rotatable bonds is 3. The lowest BCUT2D eigenvalue weighted by atomic mass is 9.94. The number of urea groups is 1. The van der Waals surface area contributed by atoms with Crippen molar-refractivity contribution in [2.75, 3.05) is 25.1 Å². The van der Waals surface area contributed by atoms with Gasteiger partial charge in [0, 0.05) is 42.8 Å². The molecular weight excluding hydrogens is 324 g/mol. The summed E-state index contributed by atoms with van der Waals surface area (Å²) in [6.07, 6.45) is 1.09. The summed E-state index contributed by atoms with van der Waals surface area (Å²) in [6.45, 7) is 3.28. The number of ether oxygens (including phenoxy) is 1. The number of nitrogens with one attached hydrogen (secondary N) is 2. The van der Waals surface area contributed by atoms with E-state index in [9.17, 15) is 9.90 Å². The number of benzene rings is 1.